The van der Waals surface area contributed by atoms with Gasteiger partial charge in [0.1, 0.15) is 28.2 Å². The van der Waals surface area contributed by atoms with Gasteiger partial charge in [0, 0.05) is 10.8 Å². The van der Waals surface area contributed by atoms with Crippen LogP contribution in [0.4, 0.5) is 0 Å². The molecule has 3 aromatic rings. The molecule has 106 valence electrons. The standard InChI is InChI=1S/C16H12O5/c1-7(17)10-6-14-11(5-13(10)20)9-3-4-12(19)15(8(2)18)16(9)21-14/h3-6,19-20H,1-2H3. The summed E-state index contributed by atoms with van der Waals surface area (Å²) in [7, 11) is 0. The summed E-state index contributed by atoms with van der Waals surface area (Å²) in [4.78, 5) is 23.1. The highest BCUT2D eigenvalue weighted by Crippen LogP contribution is 2.37. The Hall–Kier alpha value is -2.82. The first kappa shape index (κ1) is 13.2. The van der Waals surface area contributed by atoms with Gasteiger partial charge in [-0.2, -0.15) is 0 Å². The third-order valence-corrected chi connectivity index (χ3v) is 3.47. The van der Waals surface area contributed by atoms with Gasteiger partial charge < -0.3 is 14.6 Å². The molecule has 2 aromatic carbocycles. The van der Waals surface area contributed by atoms with Crippen LogP contribution in [0.3, 0.4) is 0 Å². The van der Waals surface area contributed by atoms with E-state index in [9.17, 15) is 19.8 Å². The summed E-state index contributed by atoms with van der Waals surface area (Å²) in [6.07, 6.45) is 0. The third kappa shape index (κ3) is 1.86. The van der Waals surface area contributed by atoms with Crippen LogP contribution in [0.25, 0.3) is 21.9 Å². The summed E-state index contributed by atoms with van der Waals surface area (Å²) < 4.78 is 5.63. The number of phenols is 2. The summed E-state index contributed by atoms with van der Waals surface area (Å²) >= 11 is 0. The quantitative estimate of drug-likeness (QED) is 0.704. The molecular weight excluding hydrogens is 272 g/mol. The Kier molecular flexibility index (Phi) is 2.73. The third-order valence-electron chi connectivity index (χ3n) is 3.47. The summed E-state index contributed by atoms with van der Waals surface area (Å²) in [6.45, 7) is 2.68. The zero-order valence-corrected chi connectivity index (χ0v) is 11.4. The molecule has 0 fully saturated rings. The summed E-state index contributed by atoms with van der Waals surface area (Å²) in [5.41, 5.74) is 0.862. The molecule has 2 N–H and O–H groups in total. The van der Waals surface area contributed by atoms with Crippen molar-refractivity contribution in [3.05, 3.63) is 35.4 Å². The number of Topliss-reactive ketones (excluding diaryl/α,β-unsaturated/α-hetero) is 2. The first-order valence-corrected chi connectivity index (χ1v) is 6.33. The van der Waals surface area contributed by atoms with Crippen molar-refractivity contribution in [2.75, 3.05) is 0 Å². The maximum atomic E-state index is 11.7. The molecule has 5 heteroatoms. The number of furan rings is 1. The number of carbonyl (C=O) groups excluding carboxylic acids is 2. The highest BCUT2D eigenvalue weighted by atomic mass is 16.3. The number of rotatable bonds is 2. The Morgan fingerprint density at radius 1 is 0.952 bits per heavy atom. The smallest absolute Gasteiger partial charge is 0.167 e. The fraction of sp³-hybridized carbons (Fsp3) is 0.125. The molecule has 0 radical (unpaired) electrons. The monoisotopic (exact) mass is 284 g/mol. The van der Waals surface area contributed by atoms with E-state index in [4.69, 9.17) is 4.42 Å². The molecule has 1 aromatic heterocycles. The molecule has 1 heterocycles. The summed E-state index contributed by atoms with van der Waals surface area (Å²) in [5.74, 6) is -0.919. The Morgan fingerprint density at radius 3 is 2.29 bits per heavy atom. The normalized spacial score (nSPS) is 11.1. The van der Waals surface area contributed by atoms with Crippen molar-refractivity contribution >= 4 is 33.5 Å². The predicted molar refractivity (Wildman–Crippen MR) is 77.1 cm³/mol. The maximum Gasteiger partial charge on any atom is 0.167 e. The van der Waals surface area contributed by atoms with Crippen LogP contribution in [0, 0.1) is 0 Å². The lowest BCUT2D eigenvalue weighted by Crippen LogP contribution is -1.92. The van der Waals surface area contributed by atoms with E-state index in [1.54, 1.807) is 6.07 Å². The highest BCUT2D eigenvalue weighted by Gasteiger charge is 2.19. The molecule has 0 atom stereocenters. The van der Waals surface area contributed by atoms with Gasteiger partial charge >= 0.3 is 0 Å². The SMILES string of the molecule is CC(=O)c1cc2oc3c(C(C)=O)c(O)ccc3c2cc1O. The first-order chi connectivity index (χ1) is 9.90. The molecule has 0 saturated carbocycles. The van der Waals surface area contributed by atoms with Gasteiger partial charge in [-0.1, -0.05) is 0 Å². The fourth-order valence-electron chi connectivity index (χ4n) is 2.49. The number of carbonyl (C=O) groups is 2. The van der Waals surface area contributed by atoms with Gasteiger partial charge in [-0.3, -0.25) is 9.59 Å². The van der Waals surface area contributed by atoms with Gasteiger partial charge in [-0.15, -0.1) is 0 Å². The van der Waals surface area contributed by atoms with Gasteiger partial charge in [0.2, 0.25) is 0 Å². The van der Waals surface area contributed by atoms with Crippen LogP contribution in [0.2, 0.25) is 0 Å². The van der Waals surface area contributed by atoms with E-state index in [0.717, 1.165) is 0 Å². The van der Waals surface area contributed by atoms with E-state index < -0.39 is 0 Å². The minimum Gasteiger partial charge on any atom is -0.507 e. The molecule has 0 amide bonds. The lowest BCUT2D eigenvalue weighted by molar-refractivity contribution is 0.100. The van der Waals surface area contributed by atoms with Crippen LogP contribution in [0.1, 0.15) is 34.6 Å². The predicted octanol–water partition coefficient (Wildman–Crippen LogP) is 3.40. The second-order valence-corrected chi connectivity index (χ2v) is 4.92. The van der Waals surface area contributed by atoms with Crippen molar-refractivity contribution in [2.45, 2.75) is 13.8 Å². The van der Waals surface area contributed by atoms with Crippen molar-refractivity contribution in [1.82, 2.24) is 0 Å². The van der Waals surface area contributed by atoms with Crippen LogP contribution in [-0.2, 0) is 0 Å². The van der Waals surface area contributed by atoms with E-state index in [1.807, 2.05) is 0 Å². The van der Waals surface area contributed by atoms with Crippen molar-refractivity contribution in [3.63, 3.8) is 0 Å². The number of ketones is 2. The minimum atomic E-state index is -0.326. The second kappa shape index (κ2) is 4.34. The molecule has 0 spiro atoms. The molecular formula is C16H12O5. The van der Waals surface area contributed by atoms with Crippen molar-refractivity contribution < 1.29 is 24.2 Å². The average molecular weight is 284 g/mol. The van der Waals surface area contributed by atoms with Crippen LogP contribution >= 0.6 is 0 Å². The highest BCUT2D eigenvalue weighted by molar-refractivity contribution is 6.16. The molecule has 0 aliphatic rings. The Balaban J connectivity index is 2.48. The van der Waals surface area contributed by atoms with Crippen LogP contribution < -0.4 is 0 Å². The Labute approximate surface area is 119 Å². The van der Waals surface area contributed by atoms with E-state index in [-0.39, 0.29) is 39.8 Å². The second-order valence-electron chi connectivity index (χ2n) is 4.92. The molecule has 3 rings (SSSR count). The van der Waals surface area contributed by atoms with E-state index in [1.165, 1.54) is 32.0 Å². The van der Waals surface area contributed by atoms with Crippen LogP contribution in [-0.4, -0.2) is 21.8 Å². The summed E-state index contributed by atoms with van der Waals surface area (Å²) in [5, 5.41) is 20.9. The maximum absolute atomic E-state index is 11.7. The molecule has 0 bridgehead atoms. The lowest BCUT2D eigenvalue weighted by atomic mass is 10.0. The van der Waals surface area contributed by atoms with Gasteiger partial charge in [0.25, 0.3) is 0 Å². The molecule has 0 aliphatic carbocycles. The van der Waals surface area contributed by atoms with E-state index >= 15 is 0 Å². The Morgan fingerprint density at radius 2 is 1.67 bits per heavy atom. The molecule has 0 aliphatic heterocycles. The number of fused-ring (bicyclic) bond motifs is 3. The molecule has 5 nitrogen and oxygen atoms in total. The first-order valence-electron chi connectivity index (χ1n) is 6.33. The van der Waals surface area contributed by atoms with Gasteiger partial charge in [0.05, 0.1) is 5.56 Å². The van der Waals surface area contributed by atoms with Crippen molar-refractivity contribution in [3.8, 4) is 11.5 Å². The summed E-state index contributed by atoms with van der Waals surface area (Å²) in [6, 6.07) is 5.88. The van der Waals surface area contributed by atoms with Crippen molar-refractivity contribution in [1.29, 1.82) is 0 Å². The molecule has 21 heavy (non-hydrogen) atoms. The number of hydrogen-bond acceptors (Lipinski definition) is 5. The number of phenolic OH excluding ortho intramolecular Hbond substituents is 2. The van der Waals surface area contributed by atoms with Gasteiger partial charge in [-0.25, -0.2) is 0 Å². The Bertz CT molecular complexity index is 917. The van der Waals surface area contributed by atoms with Crippen molar-refractivity contribution in [2.24, 2.45) is 0 Å². The van der Waals surface area contributed by atoms with Crippen LogP contribution in [0.15, 0.2) is 28.7 Å². The van der Waals surface area contributed by atoms with Gasteiger partial charge in [0.15, 0.2) is 11.6 Å². The molecule has 0 unspecified atom stereocenters. The van der Waals surface area contributed by atoms with E-state index in [2.05, 4.69) is 0 Å². The zero-order chi connectivity index (χ0) is 15.3. The van der Waals surface area contributed by atoms with Gasteiger partial charge in [-0.05, 0) is 38.1 Å². The zero-order valence-electron chi connectivity index (χ0n) is 11.4. The largest absolute Gasteiger partial charge is 0.507 e. The average Bonchev–Trinajstić information content (AvgIpc) is 2.74. The lowest BCUT2D eigenvalue weighted by Gasteiger charge is -2.00. The molecule has 0 saturated heterocycles. The fourth-order valence-corrected chi connectivity index (χ4v) is 2.49. The number of benzene rings is 2. The number of hydrogen-bond donors (Lipinski definition) is 2. The number of aromatic hydroxyl groups is 2. The topological polar surface area (TPSA) is 87.7 Å². The van der Waals surface area contributed by atoms with E-state index in [0.29, 0.717) is 16.4 Å². The van der Waals surface area contributed by atoms with Crippen LogP contribution in [0.5, 0.6) is 11.5 Å². The minimum absolute atomic E-state index is 0.0903.